The van der Waals surface area contributed by atoms with Crippen LogP contribution in [-0.4, -0.2) is 26.2 Å². The molecule has 2 aromatic rings. The van der Waals surface area contributed by atoms with E-state index < -0.39 is 16.9 Å². The number of rotatable bonds is 2. The maximum Gasteiger partial charge on any atom is 0.477 e. The van der Waals surface area contributed by atoms with Crippen LogP contribution in [0.25, 0.3) is 11.3 Å². The van der Waals surface area contributed by atoms with Crippen LogP contribution in [0, 0.1) is 0 Å². The molecule has 0 aliphatic heterocycles. The van der Waals surface area contributed by atoms with E-state index in [0.29, 0.717) is 11.8 Å². The van der Waals surface area contributed by atoms with Gasteiger partial charge in [-0.15, -0.1) is 5.10 Å². The lowest BCUT2D eigenvalue weighted by Crippen LogP contribution is -2.40. The van der Waals surface area contributed by atoms with E-state index in [0.717, 1.165) is 0 Å². The fraction of sp³-hybridized carbons (Fsp3) is 0.222. The molecule has 0 atom stereocenters. The molecule has 2 heterocycles. The van der Waals surface area contributed by atoms with Crippen molar-refractivity contribution in [1.29, 1.82) is 0 Å². The van der Waals surface area contributed by atoms with Gasteiger partial charge in [0.15, 0.2) is 0 Å². The number of pyridine rings is 1. The average molecular weight is 264 g/mol. The summed E-state index contributed by atoms with van der Waals surface area (Å²) < 4.78 is 61.6. The normalized spacial score (nSPS) is 12.7. The van der Waals surface area contributed by atoms with Crippen LogP contribution in [0.15, 0.2) is 30.7 Å². The van der Waals surface area contributed by atoms with Crippen molar-refractivity contribution in [1.82, 2.24) is 20.0 Å². The first kappa shape index (κ1) is 12.4. The summed E-state index contributed by atoms with van der Waals surface area (Å²) in [5.74, 6) is 0. The van der Waals surface area contributed by atoms with Crippen molar-refractivity contribution in [2.45, 2.75) is 12.2 Å². The Bertz CT molecular complexity index is 533. The van der Waals surface area contributed by atoms with Gasteiger partial charge in [0.25, 0.3) is 0 Å². The smallest absolute Gasteiger partial charge is 0.265 e. The van der Waals surface area contributed by atoms with Crippen molar-refractivity contribution in [3.63, 3.8) is 0 Å². The van der Waals surface area contributed by atoms with Gasteiger partial charge >= 0.3 is 12.2 Å². The Morgan fingerprint density at radius 1 is 1.00 bits per heavy atom. The van der Waals surface area contributed by atoms with Gasteiger partial charge in [-0.3, -0.25) is 4.98 Å². The van der Waals surface area contributed by atoms with Crippen molar-refractivity contribution >= 4 is 0 Å². The molecule has 0 aliphatic rings. The third kappa shape index (κ3) is 2.03. The largest absolute Gasteiger partial charge is 0.477 e. The van der Waals surface area contributed by atoms with Crippen LogP contribution in [0.3, 0.4) is 0 Å². The molecule has 96 valence electrons. The van der Waals surface area contributed by atoms with Gasteiger partial charge in [-0.2, -0.15) is 26.6 Å². The number of halogens is 5. The Hall–Kier alpha value is -2.06. The zero-order valence-corrected chi connectivity index (χ0v) is 8.57. The van der Waals surface area contributed by atoms with Crippen molar-refractivity contribution in [3.8, 4) is 11.3 Å². The van der Waals surface area contributed by atoms with Crippen molar-refractivity contribution in [2.24, 2.45) is 0 Å². The molecule has 0 N–H and O–H groups in total. The molecule has 0 aromatic carbocycles. The number of alkyl halides is 5. The summed E-state index contributed by atoms with van der Waals surface area (Å²) in [5.41, 5.74) is 0.246. The molecule has 2 rings (SSSR count). The zero-order chi connectivity index (χ0) is 13.4. The Balaban J connectivity index is 2.38. The van der Waals surface area contributed by atoms with E-state index in [2.05, 4.69) is 15.3 Å². The molecule has 9 heteroatoms. The molecule has 0 spiro atoms. The number of hydrogen-bond donors (Lipinski definition) is 0. The highest BCUT2D eigenvalue weighted by Crippen LogP contribution is 2.39. The van der Waals surface area contributed by atoms with E-state index in [1.165, 1.54) is 24.5 Å². The fourth-order valence-electron chi connectivity index (χ4n) is 1.19. The fourth-order valence-corrected chi connectivity index (χ4v) is 1.19. The number of hydrogen-bond acceptors (Lipinski definition) is 3. The standard InChI is InChI=1S/C9H5F5N4/c10-8(11,12)9(13,14)18-5-7(16-17-18)6-1-3-15-4-2-6/h1-5H. The first-order valence-corrected chi connectivity index (χ1v) is 4.60. The molecule has 18 heavy (non-hydrogen) atoms. The van der Waals surface area contributed by atoms with E-state index in [1.54, 1.807) is 0 Å². The minimum absolute atomic E-state index is 0.0960. The van der Waals surface area contributed by atoms with Gasteiger partial charge in [-0.1, -0.05) is 5.21 Å². The molecule has 0 saturated carbocycles. The Labute approximate surface area is 97.1 Å². The van der Waals surface area contributed by atoms with Crippen LogP contribution in [-0.2, 0) is 6.05 Å². The molecular weight excluding hydrogens is 259 g/mol. The number of nitrogens with zero attached hydrogens (tertiary/aromatic N) is 4. The summed E-state index contributed by atoms with van der Waals surface area (Å²) in [5, 5.41) is 6.08. The summed E-state index contributed by atoms with van der Waals surface area (Å²) in [6.45, 7) is 0. The van der Waals surface area contributed by atoms with Gasteiger partial charge in [0.1, 0.15) is 5.69 Å². The van der Waals surface area contributed by atoms with Crippen LogP contribution in [0.2, 0.25) is 0 Å². The molecule has 0 fully saturated rings. The Morgan fingerprint density at radius 3 is 2.17 bits per heavy atom. The third-order valence-corrected chi connectivity index (χ3v) is 2.10. The summed E-state index contributed by atoms with van der Waals surface area (Å²) in [6.07, 6.45) is -2.48. The monoisotopic (exact) mass is 264 g/mol. The second kappa shape index (κ2) is 4.00. The first-order valence-electron chi connectivity index (χ1n) is 4.60. The zero-order valence-electron chi connectivity index (χ0n) is 8.57. The molecule has 0 saturated heterocycles. The highest BCUT2D eigenvalue weighted by molar-refractivity contribution is 5.56. The summed E-state index contributed by atoms with van der Waals surface area (Å²) in [4.78, 5) is 3.68. The second-order valence-electron chi connectivity index (χ2n) is 3.32. The molecule has 0 aliphatic carbocycles. The average Bonchev–Trinajstić information content (AvgIpc) is 2.78. The lowest BCUT2D eigenvalue weighted by atomic mass is 10.2. The summed E-state index contributed by atoms with van der Waals surface area (Å²) in [6, 6.07) is -2.26. The summed E-state index contributed by atoms with van der Waals surface area (Å²) >= 11 is 0. The highest BCUT2D eigenvalue weighted by Gasteiger charge is 2.60. The van der Waals surface area contributed by atoms with Crippen LogP contribution in [0.4, 0.5) is 22.0 Å². The van der Waals surface area contributed by atoms with E-state index in [4.69, 9.17) is 0 Å². The predicted octanol–water partition coefficient (Wildman–Crippen LogP) is 2.45. The van der Waals surface area contributed by atoms with Crippen LogP contribution in [0.5, 0.6) is 0 Å². The third-order valence-electron chi connectivity index (χ3n) is 2.10. The van der Waals surface area contributed by atoms with E-state index >= 15 is 0 Å². The Morgan fingerprint density at radius 2 is 1.61 bits per heavy atom. The Kier molecular flexibility index (Phi) is 2.76. The van der Waals surface area contributed by atoms with Gasteiger partial charge in [-0.25, -0.2) is 0 Å². The lowest BCUT2D eigenvalue weighted by molar-refractivity contribution is -0.328. The quantitative estimate of drug-likeness (QED) is 0.782. The lowest BCUT2D eigenvalue weighted by Gasteiger charge is -2.18. The van der Waals surface area contributed by atoms with Crippen molar-refractivity contribution in [2.75, 3.05) is 0 Å². The SMILES string of the molecule is FC(F)(F)C(F)(F)n1cc(-c2ccncc2)nn1. The summed E-state index contributed by atoms with van der Waals surface area (Å²) in [7, 11) is 0. The topological polar surface area (TPSA) is 43.6 Å². The predicted molar refractivity (Wildman–Crippen MR) is 49.5 cm³/mol. The molecule has 2 aromatic heterocycles. The maximum atomic E-state index is 12.9. The van der Waals surface area contributed by atoms with Gasteiger partial charge < -0.3 is 0 Å². The first-order chi connectivity index (χ1) is 8.32. The van der Waals surface area contributed by atoms with Crippen molar-refractivity contribution < 1.29 is 22.0 Å². The van der Waals surface area contributed by atoms with Gasteiger partial charge in [0.2, 0.25) is 0 Å². The van der Waals surface area contributed by atoms with Crippen molar-refractivity contribution in [3.05, 3.63) is 30.7 Å². The van der Waals surface area contributed by atoms with E-state index in [1.807, 2.05) is 0 Å². The minimum atomic E-state index is -5.73. The van der Waals surface area contributed by atoms with Gasteiger partial charge in [0, 0.05) is 18.0 Å². The molecule has 0 amide bonds. The van der Waals surface area contributed by atoms with E-state index in [9.17, 15) is 22.0 Å². The molecule has 0 radical (unpaired) electrons. The van der Waals surface area contributed by atoms with Crippen LogP contribution in [0.1, 0.15) is 0 Å². The second-order valence-corrected chi connectivity index (χ2v) is 3.32. The molecular formula is C9H5F5N4. The number of aromatic nitrogens is 4. The minimum Gasteiger partial charge on any atom is -0.265 e. The maximum absolute atomic E-state index is 12.9. The molecule has 0 bridgehead atoms. The molecule has 4 nitrogen and oxygen atoms in total. The highest BCUT2D eigenvalue weighted by atomic mass is 19.4. The van der Waals surface area contributed by atoms with Gasteiger partial charge in [-0.05, 0) is 12.1 Å². The van der Waals surface area contributed by atoms with Crippen LogP contribution >= 0.6 is 0 Å². The van der Waals surface area contributed by atoms with Crippen LogP contribution < -0.4 is 0 Å². The van der Waals surface area contributed by atoms with Gasteiger partial charge in [0.05, 0.1) is 6.20 Å². The van der Waals surface area contributed by atoms with E-state index in [-0.39, 0.29) is 5.69 Å². The molecule has 0 unspecified atom stereocenters.